The van der Waals surface area contributed by atoms with Crippen LogP contribution in [0.5, 0.6) is 0 Å². The molecule has 0 bridgehead atoms. The third-order valence-electron chi connectivity index (χ3n) is 4.50. The Balaban J connectivity index is 1.85. The molecule has 27 heavy (non-hydrogen) atoms. The highest BCUT2D eigenvalue weighted by atomic mass is 31.2. The largest absolute Gasteiger partial charge is 0.419 e. The molecule has 0 aromatic heterocycles. The zero-order valence-electron chi connectivity index (χ0n) is 13.9. The summed E-state index contributed by atoms with van der Waals surface area (Å²) < 4.78 is 62.4. The maximum atomic E-state index is 13.8. The van der Waals surface area contributed by atoms with Gasteiger partial charge in [-0.1, -0.05) is 24.3 Å². The number of halogens is 3. The lowest BCUT2D eigenvalue weighted by Gasteiger charge is -2.27. The lowest BCUT2D eigenvalue weighted by Crippen LogP contribution is -2.26. The van der Waals surface area contributed by atoms with Crippen LogP contribution in [0.15, 0.2) is 36.4 Å². The topological polar surface area (TPSA) is 75.5 Å². The summed E-state index contributed by atoms with van der Waals surface area (Å²) in [5.41, 5.74) is -1.33. The molecule has 1 unspecified atom stereocenters. The fourth-order valence-corrected chi connectivity index (χ4v) is 5.35. The number of nitrogens with zero attached hydrogens (tertiary/aromatic N) is 3. The minimum absolute atomic E-state index is 0.0751. The molecule has 2 aliphatic heterocycles. The van der Waals surface area contributed by atoms with Gasteiger partial charge in [0.25, 0.3) is 5.69 Å². The molecule has 0 aliphatic carbocycles. The smallest absolute Gasteiger partial charge is 0.288 e. The fourth-order valence-electron chi connectivity index (χ4n) is 3.02. The molecule has 0 radical (unpaired) electrons. The molecule has 0 saturated carbocycles. The van der Waals surface area contributed by atoms with Gasteiger partial charge in [0.05, 0.1) is 15.9 Å². The van der Waals surface area contributed by atoms with Crippen LogP contribution in [0.25, 0.3) is 10.8 Å². The number of hydrogen-bond donors (Lipinski definition) is 0. The summed E-state index contributed by atoms with van der Waals surface area (Å²) in [5, 5.41) is 12.1. The predicted octanol–water partition coefficient (Wildman–Crippen LogP) is 4.11. The highest BCUT2D eigenvalue weighted by Gasteiger charge is 2.56. The van der Waals surface area contributed by atoms with E-state index in [-0.39, 0.29) is 5.39 Å². The summed E-state index contributed by atoms with van der Waals surface area (Å²) in [6.45, 7) is 1.49. The molecule has 0 amide bonds. The molecule has 2 aliphatic rings. The van der Waals surface area contributed by atoms with Crippen molar-refractivity contribution in [2.45, 2.75) is 12.3 Å². The van der Waals surface area contributed by atoms with Crippen molar-refractivity contribution in [1.82, 2.24) is 9.34 Å². The number of fused-ring (bicyclic) bond motifs is 1. The van der Waals surface area contributed by atoms with E-state index in [4.69, 9.17) is 4.52 Å². The van der Waals surface area contributed by atoms with Crippen LogP contribution in [0.1, 0.15) is 11.7 Å². The Morgan fingerprint density at radius 3 is 2.19 bits per heavy atom. The van der Waals surface area contributed by atoms with Crippen molar-refractivity contribution in [2.75, 3.05) is 26.2 Å². The summed E-state index contributed by atoms with van der Waals surface area (Å²) in [7, 11) is -3.85. The van der Waals surface area contributed by atoms with Crippen molar-refractivity contribution in [3.63, 3.8) is 0 Å². The van der Waals surface area contributed by atoms with E-state index in [2.05, 4.69) is 0 Å². The molecular formula is C16H15F3N3O4P. The van der Waals surface area contributed by atoms with Gasteiger partial charge < -0.3 is 0 Å². The molecule has 144 valence electrons. The van der Waals surface area contributed by atoms with E-state index >= 15 is 0 Å². The van der Waals surface area contributed by atoms with Crippen LogP contribution < -0.4 is 0 Å². The second-order valence-electron chi connectivity index (χ2n) is 6.41. The lowest BCUT2D eigenvalue weighted by atomic mass is 10.0. The molecule has 11 heteroatoms. The highest BCUT2D eigenvalue weighted by Crippen LogP contribution is 2.65. The molecule has 0 N–H and O–H groups in total. The Morgan fingerprint density at radius 1 is 1.07 bits per heavy atom. The van der Waals surface area contributed by atoms with E-state index in [1.54, 1.807) is 12.1 Å². The van der Waals surface area contributed by atoms with Crippen molar-refractivity contribution >= 4 is 24.1 Å². The summed E-state index contributed by atoms with van der Waals surface area (Å²) in [6.07, 6.45) is -7.62. The summed E-state index contributed by atoms with van der Waals surface area (Å²) in [4.78, 5) is 10.8. The number of benzene rings is 2. The number of hydrogen-bond acceptors (Lipinski definition) is 4. The lowest BCUT2D eigenvalue weighted by molar-refractivity contribution is -0.385. The Kier molecular flexibility index (Phi) is 4.27. The molecule has 2 fully saturated rings. The number of alkyl halides is 3. The predicted molar refractivity (Wildman–Crippen MR) is 91.2 cm³/mol. The van der Waals surface area contributed by atoms with E-state index in [0.717, 1.165) is 6.07 Å². The Hall–Kier alpha value is -2.00. The van der Waals surface area contributed by atoms with Crippen molar-refractivity contribution in [1.29, 1.82) is 0 Å². The maximum Gasteiger partial charge on any atom is 0.419 e. The molecule has 7 nitrogen and oxygen atoms in total. The van der Waals surface area contributed by atoms with Gasteiger partial charge in [0.15, 0.2) is 6.10 Å². The zero-order valence-corrected chi connectivity index (χ0v) is 14.8. The van der Waals surface area contributed by atoms with Crippen molar-refractivity contribution in [3.8, 4) is 0 Å². The van der Waals surface area contributed by atoms with Crippen LogP contribution in [-0.2, 0) is 9.09 Å². The molecular weight excluding hydrogens is 386 g/mol. The molecule has 0 spiro atoms. The first-order chi connectivity index (χ1) is 12.7. The van der Waals surface area contributed by atoms with E-state index in [9.17, 15) is 27.9 Å². The van der Waals surface area contributed by atoms with E-state index in [1.165, 1.54) is 27.5 Å². The van der Waals surface area contributed by atoms with Crippen LogP contribution in [0.4, 0.5) is 18.9 Å². The van der Waals surface area contributed by atoms with Gasteiger partial charge in [-0.25, -0.2) is 9.34 Å². The first-order valence-corrected chi connectivity index (χ1v) is 9.77. The van der Waals surface area contributed by atoms with Gasteiger partial charge in [0.2, 0.25) is 0 Å². The molecule has 4 rings (SSSR count). The molecule has 2 heterocycles. The second-order valence-corrected chi connectivity index (χ2v) is 8.73. The Labute approximate surface area is 152 Å². The van der Waals surface area contributed by atoms with Gasteiger partial charge in [0, 0.05) is 26.2 Å². The molecule has 1 atom stereocenters. The number of nitro groups is 1. The summed E-state index contributed by atoms with van der Waals surface area (Å²) in [6, 6.07) is 8.52. The Morgan fingerprint density at radius 2 is 1.67 bits per heavy atom. The third kappa shape index (κ3) is 3.34. The SMILES string of the molecule is O=[N+]([O-])c1c(C(OP(=O)(N2CC2)N2CC2)C(F)(F)F)ccc2ccccc12. The minimum Gasteiger partial charge on any atom is -0.288 e. The van der Waals surface area contributed by atoms with Crippen LogP contribution in [-0.4, -0.2) is 46.6 Å². The standard InChI is InChI=1S/C16H15F3N3O4P/c17-16(18,19)15(26-27(25,20-7-8-20)21-9-10-21)13-6-5-11-3-1-2-4-12(11)14(13)22(23)24/h1-6,15H,7-10H2. The number of rotatable bonds is 6. The first-order valence-electron chi connectivity index (χ1n) is 8.24. The monoisotopic (exact) mass is 401 g/mol. The van der Waals surface area contributed by atoms with Gasteiger partial charge in [-0.15, -0.1) is 0 Å². The van der Waals surface area contributed by atoms with Crippen LogP contribution in [0, 0.1) is 10.1 Å². The van der Waals surface area contributed by atoms with E-state index < -0.39 is 36.1 Å². The Bertz CT molecular complexity index is 944. The van der Waals surface area contributed by atoms with Crippen molar-refractivity contribution in [2.24, 2.45) is 0 Å². The molecule has 2 aromatic rings. The third-order valence-corrected chi connectivity index (χ3v) is 7.21. The van der Waals surface area contributed by atoms with E-state index in [1.807, 2.05) is 0 Å². The van der Waals surface area contributed by atoms with E-state index in [0.29, 0.717) is 31.6 Å². The fraction of sp³-hybridized carbons (Fsp3) is 0.375. The second kappa shape index (κ2) is 6.27. The van der Waals surface area contributed by atoms with Crippen molar-refractivity contribution in [3.05, 3.63) is 52.1 Å². The van der Waals surface area contributed by atoms with Gasteiger partial charge in [-0.3, -0.25) is 19.2 Å². The zero-order chi connectivity index (χ0) is 19.4. The van der Waals surface area contributed by atoms with Gasteiger partial charge >= 0.3 is 13.8 Å². The molecule has 2 saturated heterocycles. The van der Waals surface area contributed by atoms with Gasteiger partial charge in [0.1, 0.15) is 0 Å². The molecule has 2 aromatic carbocycles. The van der Waals surface area contributed by atoms with Crippen LogP contribution in [0.3, 0.4) is 0 Å². The normalized spacial score (nSPS) is 19.2. The summed E-state index contributed by atoms with van der Waals surface area (Å²) >= 11 is 0. The average Bonchev–Trinajstić information content (AvgIpc) is 3.48. The first kappa shape index (κ1) is 18.4. The quantitative estimate of drug-likeness (QED) is 0.314. The van der Waals surface area contributed by atoms with Crippen LogP contribution in [0.2, 0.25) is 0 Å². The summed E-state index contributed by atoms with van der Waals surface area (Å²) in [5.74, 6) is 0. The van der Waals surface area contributed by atoms with Gasteiger partial charge in [-0.05, 0) is 17.5 Å². The minimum atomic E-state index is -4.96. The maximum absolute atomic E-state index is 13.8. The average molecular weight is 401 g/mol. The van der Waals surface area contributed by atoms with Crippen LogP contribution >= 0.6 is 7.67 Å². The van der Waals surface area contributed by atoms with Gasteiger partial charge in [-0.2, -0.15) is 13.2 Å². The number of nitro benzene ring substituents is 1. The van der Waals surface area contributed by atoms with Crippen molar-refractivity contribution < 1.29 is 27.2 Å². The highest BCUT2D eigenvalue weighted by molar-refractivity contribution is 7.54.